The Bertz CT molecular complexity index is 251. The summed E-state index contributed by atoms with van der Waals surface area (Å²) in [5.41, 5.74) is 5.96. The molecular weight excluding hydrogens is 186 g/mol. The molecule has 0 spiro atoms. The van der Waals surface area contributed by atoms with Crippen molar-refractivity contribution in [1.82, 2.24) is 0 Å². The quantitative estimate of drug-likeness (QED) is 0.721. The summed E-state index contributed by atoms with van der Waals surface area (Å²) in [6.07, 6.45) is 8.87. The number of carbonyl (C=O) groups is 1. The number of hydrogen-bond donors (Lipinski definition) is 1. The number of carbonyl (C=O) groups excluding carboxylic acids is 1. The maximum Gasteiger partial charge on any atom is 0.152 e. The molecule has 2 nitrogen and oxygen atoms in total. The summed E-state index contributed by atoms with van der Waals surface area (Å²) in [6, 6.07) is 0. The van der Waals surface area contributed by atoms with Crippen LogP contribution in [0, 0.1) is 11.8 Å². The first-order chi connectivity index (χ1) is 7.14. The first-order valence-electron chi connectivity index (χ1n) is 6.47. The third-order valence-electron chi connectivity index (χ3n) is 4.54. The molecule has 3 unspecified atom stereocenters. The summed E-state index contributed by atoms with van der Waals surface area (Å²) in [5, 5.41) is 0. The van der Waals surface area contributed by atoms with E-state index in [9.17, 15) is 4.79 Å². The van der Waals surface area contributed by atoms with Gasteiger partial charge in [-0.1, -0.05) is 32.6 Å². The van der Waals surface area contributed by atoms with Gasteiger partial charge in [-0.3, -0.25) is 4.79 Å². The molecule has 2 aliphatic carbocycles. The molecule has 0 aromatic heterocycles. The van der Waals surface area contributed by atoms with Gasteiger partial charge in [-0.05, 0) is 31.1 Å². The van der Waals surface area contributed by atoms with Crippen molar-refractivity contribution in [3.05, 3.63) is 0 Å². The van der Waals surface area contributed by atoms with E-state index in [0.717, 1.165) is 25.7 Å². The Morgan fingerprint density at radius 2 is 1.93 bits per heavy atom. The predicted molar refractivity (Wildman–Crippen MR) is 61.5 cm³/mol. The third-order valence-corrected chi connectivity index (χ3v) is 4.54. The number of hydrogen-bond acceptors (Lipinski definition) is 2. The van der Waals surface area contributed by atoms with E-state index in [1.807, 2.05) is 0 Å². The number of ketones is 1. The average molecular weight is 209 g/mol. The zero-order chi connectivity index (χ0) is 10.9. The Morgan fingerprint density at radius 1 is 1.20 bits per heavy atom. The van der Waals surface area contributed by atoms with Crippen molar-refractivity contribution < 1.29 is 4.79 Å². The maximum atomic E-state index is 12.0. The molecule has 15 heavy (non-hydrogen) atoms. The number of nitrogens with two attached hydrogens (primary N) is 1. The minimum Gasteiger partial charge on any atom is -0.319 e. The van der Waals surface area contributed by atoms with Crippen LogP contribution >= 0.6 is 0 Å². The van der Waals surface area contributed by atoms with Crippen molar-refractivity contribution in [1.29, 1.82) is 0 Å². The summed E-state index contributed by atoms with van der Waals surface area (Å²) in [5.74, 6) is 1.44. The molecule has 0 amide bonds. The van der Waals surface area contributed by atoms with Crippen LogP contribution in [-0.2, 0) is 4.79 Å². The fourth-order valence-corrected chi connectivity index (χ4v) is 3.55. The topological polar surface area (TPSA) is 43.1 Å². The first-order valence-corrected chi connectivity index (χ1v) is 6.47. The average Bonchev–Trinajstić information content (AvgIpc) is 2.23. The molecule has 0 aromatic rings. The van der Waals surface area contributed by atoms with Crippen molar-refractivity contribution >= 4 is 5.78 Å². The smallest absolute Gasteiger partial charge is 0.152 e. The van der Waals surface area contributed by atoms with Gasteiger partial charge >= 0.3 is 0 Å². The van der Waals surface area contributed by atoms with Gasteiger partial charge in [0.05, 0.1) is 5.54 Å². The van der Waals surface area contributed by atoms with Crippen LogP contribution in [0.4, 0.5) is 0 Å². The van der Waals surface area contributed by atoms with Crippen molar-refractivity contribution in [3.8, 4) is 0 Å². The highest BCUT2D eigenvalue weighted by Gasteiger charge is 2.45. The highest BCUT2D eigenvalue weighted by molar-refractivity contribution is 5.89. The van der Waals surface area contributed by atoms with Gasteiger partial charge in [-0.2, -0.15) is 0 Å². The Kier molecular flexibility index (Phi) is 3.15. The van der Waals surface area contributed by atoms with E-state index in [-0.39, 0.29) is 0 Å². The predicted octanol–water partition coefficient (Wildman–Crippen LogP) is 2.65. The molecule has 0 aromatic carbocycles. The molecule has 2 fully saturated rings. The summed E-state index contributed by atoms with van der Waals surface area (Å²) in [6.45, 7) is 2.28. The van der Waals surface area contributed by atoms with Crippen LogP contribution in [0.15, 0.2) is 0 Å². The van der Waals surface area contributed by atoms with Crippen molar-refractivity contribution in [3.63, 3.8) is 0 Å². The van der Waals surface area contributed by atoms with Crippen LogP contribution in [0.2, 0.25) is 0 Å². The number of rotatable bonds is 1. The standard InChI is InChI=1S/C13H23NO/c1-10-6-2-3-7-11(10)13(14)9-5-4-8-12(13)15/h10-11H,2-9,14H2,1H3. The highest BCUT2D eigenvalue weighted by Crippen LogP contribution is 2.41. The van der Waals surface area contributed by atoms with Crippen LogP contribution in [0.5, 0.6) is 0 Å². The highest BCUT2D eigenvalue weighted by atomic mass is 16.1. The van der Waals surface area contributed by atoms with E-state index in [2.05, 4.69) is 6.92 Å². The second-order valence-corrected chi connectivity index (χ2v) is 5.54. The van der Waals surface area contributed by atoms with Gasteiger partial charge in [0, 0.05) is 6.42 Å². The van der Waals surface area contributed by atoms with Crippen LogP contribution in [0.3, 0.4) is 0 Å². The van der Waals surface area contributed by atoms with E-state index in [1.165, 1.54) is 25.7 Å². The normalized spacial score (nSPS) is 42.9. The Morgan fingerprint density at radius 3 is 2.60 bits per heavy atom. The molecule has 2 rings (SSSR count). The molecular formula is C13H23NO. The summed E-state index contributed by atoms with van der Waals surface area (Å²) in [4.78, 5) is 12.0. The summed E-state index contributed by atoms with van der Waals surface area (Å²) < 4.78 is 0. The van der Waals surface area contributed by atoms with E-state index in [1.54, 1.807) is 0 Å². The lowest BCUT2D eigenvalue weighted by Gasteiger charge is -2.44. The minimum absolute atomic E-state index is 0.340. The van der Waals surface area contributed by atoms with Crippen LogP contribution in [0.1, 0.15) is 58.3 Å². The fraction of sp³-hybridized carbons (Fsp3) is 0.923. The first kappa shape index (κ1) is 11.1. The lowest BCUT2D eigenvalue weighted by Crippen LogP contribution is -2.57. The Labute approximate surface area is 92.6 Å². The second-order valence-electron chi connectivity index (χ2n) is 5.54. The molecule has 0 aliphatic heterocycles. The van der Waals surface area contributed by atoms with Gasteiger partial charge in [0.25, 0.3) is 0 Å². The van der Waals surface area contributed by atoms with Crippen molar-refractivity contribution in [2.45, 2.75) is 63.8 Å². The fourth-order valence-electron chi connectivity index (χ4n) is 3.55. The van der Waals surface area contributed by atoms with Crippen molar-refractivity contribution in [2.75, 3.05) is 0 Å². The zero-order valence-corrected chi connectivity index (χ0v) is 9.80. The maximum absolute atomic E-state index is 12.0. The van der Waals surface area contributed by atoms with Gasteiger partial charge in [-0.25, -0.2) is 0 Å². The largest absolute Gasteiger partial charge is 0.319 e. The molecule has 0 heterocycles. The molecule has 2 saturated carbocycles. The van der Waals surface area contributed by atoms with E-state index < -0.39 is 5.54 Å². The molecule has 0 radical (unpaired) electrons. The van der Waals surface area contributed by atoms with Crippen LogP contribution in [0.25, 0.3) is 0 Å². The zero-order valence-electron chi connectivity index (χ0n) is 9.80. The lowest BCUT2D eigenvalue weighted by atomic mass is 9.63. The molecule has 2 aliphatic rings. The third kappa shape index (κ3) is 1.96. The van der Waals surface area contributed by atoms with Gasteiger partial charge in [0.2, 0.25) is 0 Å². The van der Waals surface area contributed by atoms with Crippen LogP contribution in [-0.4, -0.2) is 11.3 Å². The SMILES string of the molecule is CC1CCCCC1C1(N)CCCCC1=O. The molecule has 86 valence electrons. The van der Waals surface area contributed by atoms with Crippen molar-refractivity contribution in [2.24, 2.45) is 17.6 Å². The Balaban J connectivity index is 2.14. The molecule has 2 heteroatoms. The summed E-state index contributed by atoms with van der Waals surface area (Å²) >= 11 is 0. The lowest BCUT2D eigenvalue weighted by molar-refractivity contribution is -0.129. The minimum atomic E-state index is -0.460. The van der Waals surface area contributed by atoms with Crippen LogP contribution < -0.4 is 5.73 Å². The van der Waals surface area contributed by atoms with Gasteiger partial charge in [-0.15, -0.1) is 0 Å². The van der Waals surface area contributed by atoms with Gasteiger partial charge in [0.15, 0.2) is 5.78 Å². The second kappa shape index (κ2) is 4.25. The summed E-state index contributed by atoms with van der Waals surface area (Å²) in [7, 11) is 0. The molecule has 2 N–H and O–H groups in total. The van der Waals surface area contributed by atoms with Gasteiger partial charge in [0.1, 0.15) is 0 Å². The van der Waals surface area contributed by atoms with Gasteiger partial charge < -0.3 is 5.73 Å². The van der Waals surface area contributed by atoms with E-state index in [0.29, 0.717) is 17.6 Å². The molecule has 0 saturated heterocycles. The molecule has 0 bridgehead atoms. The number of Topliss-reactive ketones (excluding diaryl/α,β-unsaturated/α-hetero) is 1. The molecule has 3 atom stereocenters. The monoisotopic (exact) mass is 209 g/mol. The Hall–Kier alpha value is -0.370. The van der Waals surface area contributed by atoms with E-state index in [4.69, 9.17) is 5.73 Å². The van der Waals surface area contributed by atoms with E-state index >= 15 is 0 Å².